The first-order chi connectivity index (χ1) is 6.58. The molecule has 0 spiro atoms. The molecule has 0 aromatic heterocycles. The Bertz CT molecular complexity index is 210. The number of carbonyl (C=O) groups is 1. The van der Waals surface area contributed by atoms with E-state index in [-0.39, 0.29) is 18.7 Å². The quantitative estimate of drug-likeness (QED) is 0.596. The molecule has 0 aliphatic carbocycles. The lowest BCUT2D eigenvalue weighted by atomic mass is 9.97. The van der Waals surface area contributed by atoms with Crippen LogP contribution in [-0.4, -0.2) is 42.5 Å². The van der Waals surface area contributed by atoms with Crippen molar-refractivity contribution < 1.29 is 14.6 Å². The molecule has 82 valence electrons. The van der Waals surface area contributed by atoms with Crippen molar-refractivity contribution in [3.05, 3.63) is 0 Å². The van der Waals surface area contributed by atoms with Gasteiger partial charge in [-0.05, 0) is 13.8 Å². The van der Waals surface area contributed by atoms with Crippen molar-refractivity contribution in [2.75, 3.05) is 19.7 Å². The number of rotatable bonds is 3. The van der Waals surface area contributed by atoms with Crippen molar-refractivity contribution in [3.63, 3.8) is 0 Å². The van der Waals surface area contributed by atoms with Crippen LogP contribution in [0.25, 0.3) is 0 Å². The zero-order chi connectivity index (χ0) is 10.6. The van der Waals surface area contributed by atoms with Gasteiger partial charge in [0.25, 0.3) is 0 Å². The monoisotopic (exact) mass is 202 g/mol. The van der Waals surface area contributed by atoms with Gasteiger partial charge in [-0.1, -0.05) is 0 Å². The second-order valence-electron chi connectivity index (χ2n) is 3.58. The molecule has 1 fully saturated rings. The number of nitrogens with one attached hydrogen (secondary N) is 2. The Morgan fingerprint density at radius 3 is 2.86 bits per heavy atom. The summed E-state index contributed by atoms with van der Waals surface area (Å²) in [4.78, 5) is 11.1. The highest BCUT2D eigenvalue weighted by molar-refractivity contribution is 5.73. The van der Waals surface area contributed by atoms with Gasteiger partial charge in [-0.15, -0.1) is 0 Å². The second kappa shape index (κ2) is 4.61. The Morgan fingerprint density at radius 2 is 2.36 bits per heavy atom. The van der Waals surface area contributed by atoms with Crippen LogP contribution in [-0.2, 0) is 4.74 Å². The maximum atomic E-state index is 11.1. The summed E-state index contributed by atoms with van der Waals surface area (Å²) in [6.45, 7) is 5.02. The minimum absolute atomic E-state index is 0.218. The standard InChI is InChI=1S/C9H18N2O3/c1-3-10-8(12)11-6-9(13)4-5-14-7(9)2/h7,13H,3-6H2,1-2H3,(H2,10,11,12). The first kappa shape index (κ1) is 11.3. The van der Waals surface area contributed by atoms with Crippen LogP contribution in [0.15, 0.2) is 0 Å². The normalized spacial score (nSPS) is 31.5. The van der Waals surface area contributed by atoms with Crippen LogP contribution in [0.3, 0.4) is 0 Å². The Hall–Kier alpha value is -0.810. The van der Waals surface area contributed by atoms with Gasteiger partial charge in [-0.3, -0.25) is 0 Å². The number of hydrogen-bond donors (Lipinski definition) is 3. The first-order valence-corrected chi connectivity index (χ1v) is 4.94. The maximum Gasteiger partial charge on any atom is 0.314 e. The Kier molecular flexibility index (Phi) is 3.71. The summed E-state index contributed by atoms with van der Waals surface area (Å²) in [5.41, 5.74) is -0.912. The van der Waals surface area contributed by atoms with Crippen molar-refractivity contribution in [2.45, 2.75) is 32.0 Å². The third-order valence-electron chi connectivity index (χ3n) is 2.55. The van der Waals surface area contributed by atoms with Gasteiger partial charge in [0, 0.05) is 19.6 Å². The fraction of sp³-hybridized carbons (Fsp3) is 0.889. The van der Waals surface area contributed by atoms with Gasteiger partial charge in [-0.2, -0.15) is 0 Å². The highest BCUT2D eigenvalue weighted by Gasteiger charge is 2.39. The second-order valence-corrected chi connectivity index (χ2v) is 3.58. The molecule has 5 nitrogen and oxygen atoms in total. The van der Waals surface area contributed by atoms with Gasteiger partial charge in [0.15, 0.2) is 0 Å². The number of carbonyl (C=O) groups excluding carboxylic acids is 1. The topological polar surface area (TPSA) is 70.6 Å². The van der Waals surface area contributed by atoms with Gasteiger partial charge in [0.1, 0.15) is 5.60 Å². The molecule has 0 bridgehead atoms. The lowest BCUT2D eigenvalue weighted by Gasteiger charge is -2.26. The third kappa shape index (κ3) is 2.59. The van der Waals surface area contributed by atoms with E-state index >= 15 is 0 Å². The fourth-order valence-corrected chi connectivity index (χ4v) is 1.46. The van der Waals surface area contributed by atoms with Crippen LogP contribution in [0.2, 0.25) is 0 Å². The molecular formula is C9H18N2O3. The van der Waals surface area contributed by atoms with Gasteiger partial charge in [0.2, 0.25) is 0 Å². The molecule has 1 rings (SSSR count). The van der Waals surface area contributed by atoms with Crippen molar-refractivity contribution in [1.29, 1.82) is 0 Å². The van der Waals surface area contributed by atoms with E-state index in [0.29, 0.717) is 19.6 Å². The molecular weight excluding hydrogens is 184 g/mol. The van der Waals surface area contributed by atoms with Crippen LogP contribution in [0, 0.1) is 0 Å². The Balaban J connectivity index is 2.32. The van der Waals surface area contributed by atoms with E-state index in [1.165, 1.54) is 0 Å². The molecule has 1 aliphatic rings. The summed E-state index contributed by atoms with van der Waals surface area (Å²) in [5, 5.41) is 15.2. The summed E-state index contributed by atoms with van der Waals surface area (Å²) in [6.07, 6.45) is 0.352. The van der Waals surface area contributed by atoms with Gasteiger partial charge in [0.05, 0.1) is 12.6 Å². The summed E-state index contributed by atoms with van der Waals surface area (Å²) >= 11 is 0. The van der Waals surface area contributed by atoms with E-state index in [9.17, 15) is 9.90 Å². The van der Waals surface area contributed by atoms with Crippen LogP contribution >= 0.6 is 0 Å². The number of hydrogen-bond acceptors (Lipinski definition) is 3. The summed E-state index contributed by atoms with van der Waals surface area (Å²) in [6, 6.07) is -0.250. The van der Waals surface area contributed by atoms with Crippen LogP contribution < -0.4 is 10.6 Å². The zero-order valence-corrected chi connectivity index (χ0v) is 8.67. The number of aliphatic hydroxyl groups is 1. The van der Waals surface area contributed by atoms with Gasteiger partial charge < -0.3 is 20.5 Å². The predicted octanol–water partition coefficient (Wildman–Crippen LogP) is -0.155. The van der Waals surface area contributed by atoms with Crippen molar-refractivity contribution in [3.8, 4) is 0 Å². The van der Waals surface area contributed by atoms with Crippen LogP contribution in [0.1, 0.15) is 20.3 Å². The molecule has 1 aliphatic heterocycles. The first-order valence-electron chi connectivity index (χ1n) is 4.94. The van der Waals surface area contributed by atoms with Gasteiger partial charge >= 0.3 is 6.03 Å². The molecule has 2 unspecified atom stereocenters. The fourth-order valence-electron chi connectivity index (χ4n) is 1.46. The SMILES string of the molecule is CCNC(=O)NCC1(O)CCOC1C. The zero-order valence-electron chi connectivity index (χ0n) is 8.67. The van der Waals surface area contributed by atoms with E-state index < -0.39 is 5.60 Å². The molecule has 3 N–H and O–H groups in total. The maximum absolute atomic E-state index is 11.1. The molecule has 1 heterocycles. The lowest BCUT2D eigenvalue weighted by molar-refractivity contribution is -0.0243. The molecule has 0 aromatic carbocycles. The number of ether oxygens (including phenoxy) is 1. The van der Waals surface area contributed by atoms with Crippen molar-refractivity contribution >= 4 is 6.03 Å². The molecule has 2 atom stereocenters. The third-order valence-corrected chi connectivity index (χ3v) is 2.55. The summed E-state index contributed by atoms with van der Waals surface area (Å²) in [5.74, 6) is 0. The minimum atomic E-state index is -0.912. The minimum Gasteiger partial charge on any atom is -0.385 e. The van der Waals surface area contributed by atoms with E-state index in [0.717, 1.165) is 0 Å². The van der Waals surface area contributed by atoms with Crippen LogP contribution in [0.5, 0.6) is 0 Å². The summed E-state index contributed by atoms with van der Waals surface area (Å²) < 4.78 is 5.24. The van der Waals surface area contributed by atoms with Crippen molar-refractivity contribution in [2.24, 2.45) is 0 Å². The largest absolute Gasteiger partial charge is 0.385 e. The van der Waals surface area contributed by atoms with E-state index in [1.54, 1.807) is 0 Å². The molecule has 2 amide bonds. The van der Waals surface area contributed by atoms with Gasteiger partial charge in [-0.25, -0.2) is 4.79 Å². The van der Waals surface area contributed by atoms with Crippen LogP contribution in [0.4, 0.5) is 4.79 Å². The average molecular weight is 202 g/mol. The summed E-state index contributed by atoms with van der Waals surface area (Å²) in [7, 11) is 0. The Morgan fingerprint density at radius 1 is 1.64 bits per heavy atom. The molecule has 0 aromatic rings. The molecule has 1 saturated heterocycles. The molecule has 0 saturated carbocycles. The number of urea groups is 1. The molecule has 14 heavy (non-hydrogen) atoms. The lowest BCUT2D eigenvalue weighted by Crippen LogP contribution is -2.49. The highest BCUT2D eigenvalue weighted by atomic mass is 16.5. The van der Waals surface area contributed by atoms with E-state index in [2.05, 4.69) is 10.6 Å². The van der Waals surface area contributed by atoms with E-state index in [4.69, 9.17) is 4.74 Å². The number of amides is 2. The highest BCUT2D eigenvalue weighted by Crippen LogP contribution is 2.24. The Labute approximate surface area is 83.8 Å². The molecule has 0 radical (unpaired) electrons. The molecule has 5 heteroatoms. The predicted molar refractivity (Wildman–Crippen MR) is 52.1 cm³/mol. The smallest absolute Gasteiger partial charge is 0.314 e. The van der Waals surface area contributed by atoms with E-state index in [1.807, 2.05) is 13.8 Å². The average Bonchev–Trinajstić information content (AvgIpc) is 2.46. The van der Waals surface area contributed by atoms with Crippen molar-refractivity contribution in [1.82, 2.24) is 10.6 Å².